The molecule has 1 N–H and O–H groups in total. The predicted molar refractivity (Wildman–Crippen MR) is 144 cm³/mol. The fraction of sp³-hybridized carbons (Fsp3) is 0.107. The van der Waals surface area contributed by atoms with Gasteiger partial charge >= 0.3 is 0 Å². The average Bonchev–Trinajstić information content (AvgIpc) is 2.89. The van der Waals surface area contributed by atoms with Gasteiger partial charge in [0.25, 0.3) is 5.91 Å². The third-order valence-corrected chi connectivity index (χ3v) is 5.91. The number of hydrogen-bond acceptors (Lipinski definition) is 5. The summed E-state index contributed by atoms with van der Waals surface area (Å²) in [6.07, 6.45) is 0. The molecular weight excluding hydrogens is 557 g/mol. The van der Waals surface area contributed by atoms with E-state index in [1.807, 2.05) is 48.5 Å². The largest absolute Gasteiger partial charge is 0.497 e. The topological polar surface area (TPSA) is 66.0 Å². The Morgan fingerprint density at radius 2 is 1.54 bits per heavy atom. The summed E-state index contributed by atoms with van der Waals surface area (Å²) in [7, 11) is 3.17. The van der Waals surface area contributed by atoms with Crippen LogP contribution in [0.1, 0.15) is 15.9 Å². The lowest BCUT2D eigenvalue weighted by Gasteiger charge is -2.15. The summed E-state index contributed by atoms with van der Waals surface area (Å²) in [5.41, 5.74) is 2.16. The Kier molecular flexibility index (Phi) is 8.10. The SMILES string of the molecule is COc1cccc(Oc2ccc(NC(=O)c3cc(I)c(OCc4ccccc4)c(OC)c3)cc2)c1. The number of ether oxygens (including phenoxy) is 4. The van der Waals surface area contributed by atoms with Crippen LogP contribution in [0.2, 0.25) is 0 Å². The predicted octanol–water partition coefficient (Wildman–Crippen LogP) is 6.93. The molecule has 0 fully saturated rings. The van der Waals surface area contributed by atoms with Crippen LogP contribution in [0.5, 0.6) is 28.7 Å². The van der Waals surface area contributed by atoms with Gasteiger partial charge in [-0.15, -0.1) is 0 Å². The first-order chi connectivity index (χ1) is 17.1. The van der Waals surface area contributed by atoms with E-state index in [4.69, 9.17) is 18.9 Å². The number of anilines is 1. The van der Waals surface area contributed by atoms with Gasteiger partial charge in [-0.2, -0.15) is 0 Å². The van der Waals surface area contributed by atoms with Crippen molar-refractivity contribution in [1.82, 2.24) is 0 Å². The van der Waals surface area contributed by atoms with E-state index in [0.29, 0.717) is 46.6 Å². The molecule has 4 aromatic carbocycles. The van der Waals surface area contributed by atoms with E-state index >= 15 is 0 Å². The van der Waals surface area contributed by atoms with Crippen LogP contribution in [0.4, 0.5) is 5.69 Å². The first-order valence-electron chi connectivity index (χ1n) is 10.8. The summed E-state index contributed by atoms with van der Waals surface area (Å²) < 4.78 is 23.4. The van der Waals surface area contributed by atoms with Crippen molar-refractivity contribution in [2.24, 2.45) is 0 Å². The molecule has 0 atom stereocenters. The Labute approximate surface area is 217 Å². The minimum atomic E-state index is -0.253. The Hall–Kier alpha value is -3.72. The monoisotopic (exact) mass is 581 g/mol. The summed E-state index contributed by atoms with van der Waals surface area (Å²) in [6.45, 7) is 0.406. The number of methoxy groups -OCH3 is 2. The van der Waals surface area contributed by atoms with Gasteiger partial charge in [-0.05, 0) is 76.7 Å². The van der Waals surface area contributed by atoms with Crippen molar-refractivity contribution in [3.63, 3.8) is 0 Å². The molecule has 0 unspecified atom stereocenters. The summed E-state index contributed by atoms with van der Waals surface area (Å²) in [5, 5.41) is 2.91. The highest BCUT2D eigenvalue weighted by Crippen LogP contribution is 2.35. The zero-order chi connectivity index (χ0) is 24.6. The van der Waals surface area contributed by atoms with Crippen molar-refractivity contribution < 1.29 is 23.7 Å². The summed E-state index contributed by atoms with van der Waals surface area (Å²) >= 11 is 2.15. The molecule has 0 heterocycles. The maximum absolute atomic E-state index is 12.9. The Balaban J connectivity index is 1.42. The first kappa shape index (κ1) is 24.4. The zero-order valence-electron chi connectivity index (χ0n) is 19.3. The second kappa shape index (κ2) is 11.6. The lowest BCUT2D eigenvalue weighted by Crippen LogP contribution is -2.13. The molecule has 35 heavy (non-hydrogen) atoms. The van der Waals surface area contributed by atoms with Crippen LogP contribution in [-0.2, 0) is 6.61 Å². The van der Waals surface area contributed by atoms with E-state index in [-0.39, 0.29) is 5.91 Å². The van der Waals surface area contributed by atoms with Crippen molar-refractivity contribution >= 4 is 34.2 Å². The molecule has 0 saturated carbocycles. The van der Waals surface area contributed by atoms with E-state index in [0.717, 1.165) is 9.13 Å². The highest BCUT2D eigenvalue weighted by Gasteiger charge is 2.16. The summed E-state index contributed by atoms with van der Waals surface area (Å²) in [5.74, 6) is 2.88. The normalized spacial score (nSPS) is 10.4. The van der Waals surface area contributed by atoms with Crippen LogP contribution in [0.3, 0.4) is 0 Å². The van der Waals surface area contributed by atoms with E-state index in [1.54, 1.807) is 56.7 Å². The number of carbonyl (C=O) groups excluding carboxylic acids is 1. The Morgan fingerprint density at radius 1 is 0.800 bits per heavy atom. The van der Waals surface area contributed by atoms with Gasteiger partial charge < -0.3 is 24.3 Å². The van der Waals surface area contributed by atoms with Gasteiger partial charge in [0, 0.05) is 17.3 Å². The maximum atomic E-state index is 12.9. The molecule has 4 aromatic rings. The van der Waals surface area contributed by atoms with E-state index < -0.39 is 0 Å². The van der Waals surface area contributed by atoms with Gasteiger partial charge in [-0.3, -0.25) is 4.79 Å². The number of benzene rings is 4. The van der Waals surface area contributed by atoms with Crippen molar-refractivity contribution in [3.8, 4) is 28.7 Å². The van der Waals surface area contributed by atoms with E-state index in [1.165, 1.54) is 0 Å². The number of rotatable bonds is 9. The second-order valence-electron chi connectivity index (χ2n) is 7.52. The van der Waals surface area contributed by atoms with Crippen molar-refractivity contribution in [3.05, 3.63) is 106 Å². The highest BCUT2D eigenvalue weighted by atomic mass is 127. The number of halogens is 1. The number of amides is 1. The fourth-order valence-corrected chi connectivity index (χ4v) is 4.09. The molecular formula is C28H24INO5. The minimum absolute atomic E-state index is 0.253. The lowest BCUT2D eigenvalue weighted by atomic mass is 10.1. The Bertz CT molecular complexity index is 1290. The molecule has 0 radical (unpaired) electrons. The van der Waals surface area contributed by atoms with Crippen LogP contribution in [0, 0.1) is 3.57 Å². The molecule has 0 aromatic heterocycles. The van der Waals surface area contributed by atoms with Gasteiger partial charge in [-0.1, -0.05) is 36.4 Å². The average molecular weight is 581 g/mol. The van der Waals surface area contributed by atoms with E-state index in [2.05, 4.69) is 27.9 Å². The van der Waals surface area contributed by atoms with Gasteiger partial charge in [-0.25, -0.2) is 0 Å². The van der Waals surface area contributed by atoms with Crippen molar-refractivity contribution in [1.29, 1.82) is 0 Å². The van der Waals surface area contributed by atoms with Crippen molar-refractivity contribution in [2.45, 2.75) is 6.61 Å². The first-order valence-corrected chi connectivity index (χ1v) is 11.9. The van der Waals surface area contributed by atoms with E-state index in [9.17, 15) is 4.79 Å². The molecule has 6 nitrogen and oxygen atoms in total. The molecule has 1 amide bonds. The number of nitrogens with one attached hydrogen (secondary N) is 1. The summed E-state index contributed by atoms with van der Waals surface area (Å²) in [4.78, 5) is 12.9. The lowest BCUT2D eigenvalue weighted by molar-refractivity contribution is 0.102. The minimum Gasteiger partial charge on any atom is -0.497 e. The third-order valence-electron chi connectivity index (χ3n) is 5.11. The molecule has 0 bridgehead atoms. The number of hydrogen-bond donors (Lipinski definition) is 1. The molecule has 0 saturated heterocycles. The standard InChI is InChI=1S/C28H24INO5/c1-32-23-9-6-10-24(17-23)35-22-13-11-21(12-14-22)30-28(31)20-15-25(29)27(26(16-20)33-2)34-18-19-7-4-3-5-8-19/h3-17H,18H2,1-2H3,(H,30,31). The molecule has 4 rings (SSSR count). The molecule has 178 valence electrons. The van der Waals surface area contributed by atoms with Gasteiger partial charge in [0.05, 0.1) is 17.8 Å². The van der Waals surface area contributed by atoms with Gasteiger partial charge in [0.1, 0.15) is 23.9 Å². The molecule has 0 spiro atoms. The zero-order valence-corrected chi connectivity index (χ0v) is 21.4. The Morgan fingerprint density at radius 3 is 2.26 bits per heavy atom. The highest BCUT2D eigenvalue weighted by molar-refractivity contribution is 14.1. The smallest absolute Gasteiger partial charge is 0.255 e. The maximum Gasteiger partial charge on any atom is 0.255 e. The molecule has 0 aliphatic rings. The molecule has 0 aliphatic heterocycles. The fourth-order valence-electron chi connectivity index (χ4n) is 3.33. The van der Waals surface area contributed by atoms with Crippen LogP contribution < -0.4 is 24.3 Å². The second-order valence-corrected chi connectivity index (χ2v) is 8.69. The van der Waals surface area contributed by atoms with Crippen molar-refractivity contribution in [2.75, 3.05) is 19.5 Å². The number of carbonyl (C=O) groups is 1. The van der Waals surface area contributed by atoms with Crippen LogP contribution in [-0.4, -0.2) is 20.1 Å². The van der Waals surface area contributed by atoms with Gasteiger partial charge in [0.15, 0.2) is 11.5 Å². The summed E-state index contributed by atoms with van der Waals surface area (Å²) in [6, 6.07) is 27.8. The quantitative estimate of drug-likeness (QED) is 0.217. The van der Waals surface area contributed by atoms with Crippen LogP contribution in [0.15, 0.2) is 91.0 Å². The molecule has 7 heteroatoms. The van der Waals surface area contributed by atoms with Crippen LogP contribution in [0.25, 0.3) is 0 Å². The van der Waals surface area contributed by atoms with Crippen LogP contribution >= 0.6 is 22.6 Å². The van der Waals surface area contributed by atoms with Gasteiger partial charge in [0.2, 0.25) is 0 Å². The molecule has 0 aliphatic carbocycles. The third kappa shape index (κ3) is 6.45.